The van der Waals surface area contributed by atoms with Crippen LogP contribution in [0, 0.1) is 18.6 Å². The third-order valence-electron chi connectivity index (χ3n) is 1.87. The first-order valence-electron chi connectivity index (χ1n) is 3.91. The van der Waals surface area contributed by atoms with E-state index in [4.69, 9.17) is 0 Å². The van der Waals surface area contributed by atoms with Crippen LogP contribution in [0.2, 0.25) is 0 Å². The van der Waals surface area contributed by atoms with Gasteiger partial charge in [0.15, 0.2) is 11.6 Å². The summed E-state index contributed by atoms with van der Waals surface area (Å²) in [5, 5.41) is 3.54. The third kappa shape index (κ3) is 1.37. The number of halogens is 2. The summed E-state index contributed by atoms with van der Waals surface area (Å²) < 4.78 is 30.2. The van der Waals surface area contributed by atoms with E-state index in [0.717, 1.165) is 18.5 Å². The number of hydrogen-bond acceptors (Lipinski definition) is 3. The van der Waals surface area contributed by atoms with Crippen LogP contribution in [0.15, 0.2) is 23.0 Å². The van der Waals surface area contributed by atoms with Gasteiger partial charge in [-0.05, 0) is 24.6 Å². The zero-order valence-electron chi connectivity index (χ0n) is 7.29. The number of hydrogen-bond donors (Lipinski definition) is 0. The molecule has 2 aromatic rings. The van der Waals surface area contributed by atoms with E-state index in [1.54, 1.807) is 6.92 Å². The molecular weight excluding hydrogens is 190 g/mol. The molecule has 0 fully saturated rings. The fraction of sp³-hybridized carbons (Fsp3) is 0.111. The highest BCUT2D eigenvalue weighted by molar-refractivity contribution is 5.59. The number of aryl methyl sites for hydroxylation is 1. The summed E-state index contributed by atoms with van der Waals surface area (Å²) in [6.07, 6.45) is 1.13. The second-order valence-electron chi connectivity index (χ2n) is 2.84. The molecule has 1 heterocycles. The van der Waals surface area contributed by atoms with Crippen LogP contribution in [0.5, 0.6) is 0 Å². The Morgan fingerprint density at radius 2 is 1.93 bits per heavy atom. The predicted octanol–water partition coefficient (Wildman–Crippen LogP) is 2.32. The molecule has 2 rings (SSSR count). The Morgan fingerprint density at radius 1 is 1.21 bits per heavy atom. The molecule has 0 aliphatic carbocycles. The van der Waals surface area contributed by atoms with Gasteiger partial charge in [0.25, 0.3) is 0 Å². The average Bonchev–Trinajstić information content (AvgIpc) is 2.64. The lowest BCUT2D eigenvalue weighted by Gasteiger charge is -2.01. The first-order chi connectivity index (χ1) is 6.68. The van der Waals surface area contributed by atoms with Crippen LogP contribution in [-0.2, 0) is 0 Å². The van der Waals surface area contributed by atoms with E-state index in [2.05, 4.69) is 14.7 Å². The number of benzene rings is 1. The molecule has 0 amide bonds. The lowest BCUT2D eigenvalue weighted by atomic mass is 10.1. The molecule has 0 unspecified atom stereocenters. The van der Waals surface area contributed by atoms with Gasteiger partial charge in [0.2, 0.25) is 12.2 Å². The van der Waals surface area contributed by atoms with Crippen LogP contribution in [-0.4, -0.2) is 10.1 Å². The molecule has 0 saturated heterocycles. The van der Waals surface area contributed by atoms with Crippen molar-refractivity contribution in [2.24, 2.45) is 0 Å². The van der Waals surface area contributed by atoms with E-state index in [1.807, 2.05) is 0 Å². The molecule has 0 N–H and O–H groups in total. The van der Waals surface area contributed by atoms with Crippen molar-refractivity contribution < 1.29 is 13.3 Å². The Morgan fingerprint density at radius 3 is 2.57 bits per heavy atom. The zero-order chi connectivity index (χ0) is 10.1. The van der Waals surface area contributed by atoms with Crippen LogP contribution in [0.25, 0.3) is 11.4 Å². The topological polar surface area (TPSA) is 38.9 Å². The molecule has 5 heteroatoms. The van der Waals surface area contributed by atoms with Crippen molar-refractivity contribution in [2.45, 2.75) is 6.92 Å². The highest BCUT2D eigenvalue weighted by Crippen LogP contribution is 2.22. The highest BCUT2D eigenvalue weighted by Gasteiger charge is 2.11. The molecule has 0 radical (unpaired) electrons. The van der Waals surface area contributed by atoms with Crippen molar-refractivity contribution >= 4 is 0 Å². The molecule has 1 aromatic heterocycles. The second-order valence-corrected chi connectivity index (χ2v) is 2.84. The standard InChI is InChI=1S/C9H6F2N2O/c1-5-2-7(10)8(11)3-6(5)9-12-4-14-13-9/h2-4H,1H3. The van der Waals surface area contributed by atoms with E-state index in [1.165, 1.54) is 0 Å². The Balaban J connectivity index is 2.60. The normalized spacial score (nSPS) is 10.5. The Hall–Kier alpha value is -1.78. The van der Waals surface area contributed by atoms with E-state index in [9.17, 15) is 8.78 Å². The van der Waals surface area contributed by atoms with Crippen molar-refractivity contribution in [2.75, 3.05) is 0 Å². The van der Waals surface area contributed by atoms with Crippen LogP contribution in [0.1, 0.15) is 5.56 Å². The van der Waals surface area contributed by atoms with Gasteiger partial charge in [0.05, 0.1) is 0 Å². The first kappa shape index (κ1) is 8.80. The molecule has 0 spiro atoms. The fourth-order valence-corrected chi connectivity index (χ4v) is 1.18. The average molecular weight is 196 g/mol. The minimum atomic E-state index is -0.921. The molecule has 0 atom stereocenters. The summed E-state index contributed by atoms with van der Waals surface area (Å²) in [4.78, 5) is 3.75. The van der Waals surface area contributed by atoms with Crippen molar-refractivity contribution in [1.29, 1.82) is 0 Å². The van der Waals surface area contributed by atoms with Gasteiger partial charge in [-0.15, -0.1) is 0 Å². The molecule has 0 bridgehead atoms. The lowest BCUT2D eigenvalue weighted by Crippen LogP contribution is -1.91. The van der Waals surface area contributed by atoms with Crippen LogP contribution in [0.4, 0.5) is 8.78 Å². The van der Waals surface area contributed by atoms with Gasteiger partial charge in [0, 0.05) is 5.56 Å². The van der Waals surface area contributed by atoms with Gasteiger partial charge in [-0.1, -0.05) is 5.16 Å². The number of nitrogens with zero attached hydrogens (tertiary/aromatic N) is 2. The Labute approximate surface area is 78.4 Å². The summed E-state index contributed by atoms with van der Waals surface area (Å²) in [5.74, 6) is -1.55. The predicted molar refractivity (Wildman–Crippen MR) is 44.4 cm³/mol. The molecule has 0 aliphatic rings. The number of rotatable bonds is 1. The SMILES string of the molecule is Cc1cc(F)c(F)cc1-c1ncon1. The van der Waals surface area contributed by atoms with Crippen molar-refractivity contribution in [3.8, 4) is 11.4 Å². The summed E-state index contributed by atoms with van der Waals surface area (Å²) >= 11 is 0. The largest absolute Gasteiger partial charge is 0.342 e. The summed E-state index contributed by atoms with van der Waals surface area (Å²) in [5.41, 5.74) is 0.989. The summed E-state index contributed by atoms with van der Waals surface area (Å²) in [7, 11) is 0. The van der Waals surface area contributed by atoms with Gasteiger partial charge >= 0.3 is 0 Å². The summed E-state index contributed by atoms with van der Waals surface area (Å²) in [6, 6.07) is 2.15. The minimum absolute atomic E-state index is 0.251. The molecule has 3 nitrogen and oxygen atoms in total. The minimum Gasteiger partial charge on any atom is -0.342 e. The smallest absolute Gasteiger partial charge is 0.214 e. The van der Waals surface area contributed by atoms with Crippen LogP contribution in [0.3, 0.4) is 0 Å². The molecule has 14 heavy (non-hydrogen) atoms. The first-order valence-corrected chi connectivity index (χ1v) is 3.91. The monoisotopic (exact) mass is 196 g/mol. The second kappa shape index (κ2) is 3.17. The maximum absolute atomic E-state index is 12.9. The molecule has 1 aromatic carbocycles. The van der Waals surface area contributed by atoms with E-state index in [0.29, 0.717) is 11.1 Å². The summed E-state index contributed by atoms with van der Waals surface area (Å²) in [6.45, 7) is 1.65. The van der Waals surface area contributed by atoms with Gasteiger partial charge in [-0.3, -0.25) is 0 Å². The fourth-order valence-electron chi connectivity index (χ4n) is 1.18. The maximum atomic E-state index is 12.9. The zero-order valence-corrected chi connectivity index (χ0v) is 7.29. The van der Waals surface area contributed by atoms with E-state index >= 15 is 0 Å². The lowest BCUT2D eigenvalue weighted by molar-refractivity contribution is 0.418. The van der Waals surface area contributed by atoms with Crippen molar-refractivity contribution in [3.63, 3.8) is 0 Å². The quantitative estimate of drug-likeness (QED) is 0.702. The molecule has 72 valence electrons. The van der Waals surface area contributed by atoms with Crippen molar-refractivity contribution in [1.82, 2.24) is 10.1 Å². The van der Waals surface area contributed by atoms with Crippen LogP contribution < -0.4 is 0 Å². The van der Waals surface area contributed by atoms with Gasteiger partial charge < -0.3 is 4.52 Å². The third-order valence-corrected chi connectivity index (χ3v) is 1.87. The van der Waals surface area contributed by atoms with Gasteiger partial charge in [-0.2, -0.15) is 4.98 Å². The molecular formula is C9H6F2N2O. The molecule has 0 saturated carbocycles. The molecule has 0 aliphatic heterocycles. The highest BCUT2D eigenvalue weighted by atomic mass is 19.2. The van der Waals surface area contributed by atoms with Gasteiger partial charge in [0.1, 0.15) is 0 Å². The van der Waals surface area contributed by atoms with Crippen LogP contribution >= 0.6 is 0 Å². The van der Waals surface area contributed by atoms with Crippen molar-refractivity contribution in [3.05, 3.63) is 35.7 Å². The number of aromatic nitrogens is 2. The Kier molecular flexibility index (Phi) is 1.99. The Bertz CT molecular complexity index is 454. The van der Waals surface area contributed by atoms with Gasteiger partial charge in [-0.25, -0.2) is 8.78 Å². The van der Waals surface area contributed by atoms with E-state index < -0.39 is 11.6 Å². The maximum Gasteiger partial charge on any atom is 0.214 e. The van der Waals surface area contributed by atoms with E-state index in [-0.39, 0.29) is 5.82 Å².